The molecule has 1 unspecified atom stereocenters. The third-order valence-electron chi connectivity index (χ3n) is 2.30. The number of aliphatic hydroxyl groups is 1. The first kappa shape index (κ1) is 10.8. The minimum Gasteiger partial charge on any atom is -0.378 e. The monoisotopic (exact) mass is 188 g/mol. The Kier molecular flexibility index (Phi) is 3.33. The van der Waals surface area contributed by atoms with Crippen LogP contribution in [0, 0.1) is 18.8 Å². The highest BCUT2D eigenvalue weighted by Gasteiger charge is 2.12. The average molecular weight is 188 g/mol. The van der Waals surface area contributed by atoms with E-state index >= 15 is 0 Å². The quantitative estimate of drug-likeness (QED) is 0.671. The molecule has 1 aromatic rings. The van der Waals surface area contributed by atoms with Crippen molar-refractivity contribution in [3.63, 3.8) is 0 Å². The van der Waals surface area contributed by atoms with Gasteiger partial charge in [0.05, 0.1) is 0 Å². The second-order valence-electron chi connectivity index (χ2n) is 3.69. The Morgan fingerprint density at radius 1 is 1.36 bits per heavy atom. The lowest BCUT2D eigenvalue weighted by Gasteiger charge is -2.11. The molecule has 0 fully saturated rings. The summed E-state index contributed by atoms with van der Waals surface area (Å²) < 4.78 is 0. The van der Waals surface area contributed by atoms with Crippen LogP contribution in [0.15, 0.2) is 24.3 Å². The van der Waals surface area contributed by atoms with E-state index in [0.717, 1.165) is 11.1 Å². The van der Waals surface area contributed by atoms with Crippen molar-refractivity contribution in [3.05, 3.63) is 35.4 Å². The van der Waals surface area contributed by atoms with Crippen LogP contribution in [0.5, 0.6) is 0 Å². The molecule has 1 aromatic carbocycles. The summed E-state index contributed by atoms with van der Waals surface area (Å²) in [6.07, 6.45) is 0.645. The smallest absolute Gasteiger partial charge is 0.122 e. The zero-order valence-corrected chi connectivity index (χ0v) is 8.96. The number of benzene rings is 1. The molecule has 0 radical (unpaired) electrons. The predicted octanol–water partition coefficient (Wildman–Crippen LogP) is 2.51. The van der Waals surface area contributed by atoms with Gasteiger partial charge < -0.3 is 5.11 Å². The summed E-state index contributed by atoms with van der Waals surface area (Å²) in [5.74, 6) is 5.88. The van der Waals surface area contributed by atoms with Gasteiger partial charge in [0, 0.05) is 5.56 Å². The molecule has 0 aliphatic carbocycles. The molecule has 0 saturated carbocycles. The lowest BCUT2D eigenvalue weighted by atomic mass is 10.0. The van der Waals surface area contributed by atoms with Crippen molar-refractivity contribution >= 4 is 0 Å². The van der Waals surface area contributed by atoms with E-state index in [4.69, 9.17) is 0 Å². The average Bonchev–Trinajstić information content (AvgIpc) is 2.17. The first-order valence-corrected chi connectivity index (χ1v) is 4.86. The first-order valence-electron chi connectivity index (χ1n) is 4.86. The molecule has 14 heavy (non-hydrogen) atoms. The zero-order chi connectivity index (χ0) is 10.6. The molecule has 1 atom stereocenters. The second kappa shape index (κ2) is 4.30. The van der Waals surface area contributed by atoms with Gasteiger partial charge >= 0.3 is 0 Å². The van der Waals surface area contributed by atoms with Gasteiger partial charge in [-0.3, -0.25) is 0 Å². The van der Waals surface area contributed by atoms with E-state index in [9.17, 15) is 5.11 Å². The standard InChI is InChI=1S/C13H16O/c1-4-13(3,14)10-9-12-8-6-5-7-11(12)2/h5-8,14H,4H2,1-3H3. The molecular formula is C13H16O. The summed E-state index contributed by atoms with van der Waals surface area (Å²) in [7, 11) is 0. The fraction of sp³-hybridized carbons (Fsp3) is 0.385. The number of rotatable bonds is 1. The van der Waals surface area contributed by atoms with Crippen molar-refractivity contribution in [2.45, 2.75) is 32.8 Å². The van der Waals surface area contributed by atoms with Crippen molar-refractivity contribution in [2.24, 2.45) is 0 Å². The van der Waals surface area contributed by atoms with Crippen LogP contribution in [-0.2, 0) is 0 Å². The summed E-state index contributed by atoms with van der Waals surface area (Å²) in [6, 6.07) is 7.93. The highest BCUT2D eigenvalue weighted by Crippen LogP contribution is 2.08. The van der Waals surface area contributed by atoms with E-state index in [1.807, 2.05) is 38.1 Å². The van der Waals surface area contributed by atoms with Gasteiger partial charge in [-0.2, -0.15) is 0 Å². The highest BCUT2D eigenvalue weighted by atomic mass is 16.3. The van der Waals surface area contributed by atoms with E-state index in [1.165, 1.54) is 0 Å². The molecule has 0 spiro atoms. The Labute approximate surface area is 85.8 Å². The van der Waals surface area contributed by atoms with Crippen LogP contribution in [0.25, 0.3) is 0 Å². The predicted molar refractivity (Wildman–Crippen MR) is 59.0 cm³/mol. The summed E-state index contributed by atoms with van der Waals surface area (Å²) in [5.41, 5.74) is 1.26. The Bertz CT molecular complexity index is 366. The molecule has 0 heterocycles. The summed E-state index contributed by atoms with van der Waals surface area (Å²) in [6.45, 7) is 5.68. The molecule has 1 nitrogen and oxygen atoms in total. The van der Waals surface area contributed by atoms with E-state index in [1.54, 1.807) is 6.92 Å². The fourth-order valence-corrected chi connectivity index (χ4v) is 1.00. The third-order valence-corrected chi connectivity index (χ3v) is 2.30. The minimum atomic E-state index is -0.873. The van der Waals surface area contributed by atoms with Gasteiger partial charge in [0.25, 0.3) is 0 Å². The van der Waals surface area contributed by atoms with Gasteiger partial charge in [0.1, 0.15) is 5.60 Å². The fourth-order valence-electron chi connectivity index (χ4n) is 1.00. The summed E-state index contributed by atoms with van der Waals surface area (Å²) >= 11 is 0. The van der Waals surface area contributed by atoms with Gasteiger partial charge in [0.15, 0.2) is 0 Å². The van der Waals surface area contributed by atoms with Crippen LogP contribution in [0.2, 0.25) is 0 Å². The number of hydrogen-bond donors (Lipinski definition) is 1. The van der Waals surface area contributed by atoms with Crippen molar-refractivity contribution in [3.8, 4) is 11.8 Å². The number of aryl methyl sites for hydroxylation is 1. The normalized spacial score (nSPS) is 14.0. The maximum absolute atomic E-state index is 9.70. The van der Waals surface area contributed by atoms with Gasteiger partial charge in [0.2, 0.25) is 0 Å². The second-order valence-corrected chi connectivity index (χ2v) is 3.69. The molecule has 1 N–H and O–H groups in total. The van der Waals surface area contributed by atoms with E-state index in [0.29, 0.717) is 6.42 Å². The Morgan fingerprint density at radius 3 is 2.57 bits per heavy atom. The molecule has 0 aromatic heterocycles. The topological polar surface area (TPSA) is 20.2 Å². The van der Waals surface area contributed by atoms with E-state index in [-0.39, 0.29) is 0 Å². The van der Waals surface area contributed by atoms with E-state index < -0.39 is 5.60 Å². The highest BCUT2D eigenvalue weighted by molar-refractivity contribution is 5.41. The van der Waals surface area contributed by atoms with Gasteiger partial charge in [-0.15, -0.1) is 0 Å². The maximum Gasteiger partial charge on any atom is 0.122 e. The van der Waals surface area contributed by atoms with E-state index in [2.05, 4.69) is 11.8 Å². The lowest BCUT2D eigenvalue weighted by Crippen LogP contribution is -2.19. The first-order chi connectivity index (χ1) is 6.55. The Balaban J connectivity index is 2.94. The Morgan fingerprint density at radius 2 is 2.00 bits per heavy atom. The van der Waals surface area contributed by atoms with Crippen molar-refractivity contribution in [1.82, 2.24) is 0 Å². The number of hydrogen-bond acceptors (Lipinski definition) is 1. The van der Waals surface area contributed by atoms with Crippen LogP contribution in [0.4, 0.5) is 0 Å². The van der Waals surface area contributed by atoms with Gasteiger partial charge in [-0.25, -0.2) is 0 Å². The van der Waals surface area contributed by atoms with Gasteiger partial charge in [-0.05, 0) is 31.9 Å². The largest absolute Gasteiger partial charge is 0.378 e. The van der Waals surface area contributed by atoms with Gasteiger partial charge in [-0.1, -0.05) is 37.0 Å². The van der Waals surface area contributed by atoms with Crippen molar-refractivity contribution in [1.29, 1.82) is 0 Å². The molecule has 74 valence electrons. The van der Waals surface area contributed by atoms with Crippen LogP contribution in [0.3, 0.4) is 0 Å². The molecule has 0 saturated heterocycles. The zero-order valence-electron chi connectivity index (χ0n) is 8.96. The van der Waals surface area contributed by atoms with Crippen LogP contribution >= 0.6 is 0 Å². The summed E-state index contributed by atoms with van der Waals surface area (Å²) in [5, 5.41) is 9.70. The Hall–Kier alpha value is -1.26. The van der Waals surface area contributed by atoms with Crippen LogP contribution in [0.1, 0.15) is 31.4 Å². The molecule has 1 heteroatoms. The lowest BCUT2D eigenvalue weighted by molar-refractivity contribution is 0.118. The molecule has 1 rings (SSSR count). The van der Waals surface area contributed by atoms with Crippen LogP contribution < -0.4 is 0 Å². The van der Waals surface area contributed by atoms with Crippen molar-refractivity contribution < 1.29 is 5.11 Å². The summed E-state index contributed by atoms with van der Waals surface area (Å²) in [4.78, 5) is 0. The molecular weight excluding hydrogens is 172 g/mol. The SMILES string of the molecule is CCC(C)(O)C#Cc1ccccc1C. The van der Waals surface area contributed by atoms with Crippen LogP contribution in [-0.4, -0.2) is 10.7 Å². The molecule has 0 aliphatic rings. The third kappa shape index (κ3) is 2.90. The minimum absolute atomic E-state index is 0.645. The molecule has 0 amide bonds. The van der Waals surface area contributed by atoms with Crippen molar-refractivity contribution in [2.75, 3.05) is 0 Å². The molecule has 0 aliphatic heterocycles. The molecule has 0 bridgehead atoms. The maximum atomic E-state index is 9.70.